The first kappa shape index (κ1) is 12.8. The molecule has 1 aliphatic carbocycles. The van der Waals surface area contributed by atoms with Gasteiger partial charge in [-0.15, -0.1) is 0 Å². The number of hydrogen-bond donors (Lipinski definition) is 3. The molecule has 1 saturated carbocycles. The number of anilines is 1. The predicted octanol–water partition coefficient (Wildman–Crippen LogP) is 2.21. The van der Waals surface area contributed by atoms with E-state index in [1.807, 2.05) is 0 Å². The van der Waals surface area contributed by atoms with Crippen LogP contribution in [0.2, 0.25) is 0 Å². The second-order valence-corrected chi connectivity index (χ2v) is 4.77. The summed E-state index contributed by atoms with van der Waals surface area (Å²) in [7, 11) is 0. The lowest BCUT2D eigenvalue weighted by Crippen LogP contribution is -2.34. The molecule has 0 saturated heterocycles. The number of benzene rings is 1. The number of carboxylic acids is 1. The van der Waals surface area contributed by atoms with Crippen molar-refractivity contribution < 1.29 is 14.3 Å². The molecular weight excluding hydrogens is 235 g/mol. The van der Waals surface area contributed by atoms with Gasteiger partial charge in [-0.1, -0.05) is 0 Å². The van der Waals surface area contributed by atoms with Crippen molar-refractivity contribution in [2.75, 3.05) is 5.32 Å². The average molecular weight is 252 g/mol. The molecule has 2 unspecified atom stereocenters. The quantitative estimate of drug-likeness (QED) is 0.771. The maximum absolute atomic E-state index is 13.2. The zero-order valence-electron chi connectivity index (χ0n) is 10.0. The first-order valence-electron chi connectivity index (χ1n) is 6.11. The molecule has 1 fully saturated rings. The van der Waals surface area contributed by atoms with Gasteiger partial charge in [0.25, 0.3) is 0 Å². The molecule has 1 aliphatic rings. The first-order chi connectivity index (χ1) is 8.56. The Labute approximate surface area is 105 Å². The summed E-state index contributed by atoms with van der Waals surface area (Å²) in [6, 6.07) is 4.49. The minimum absolute atomic E-state index is 0.190. The van der Waals surface area contributed by atoms with Crippen molar-refractivity contribution in [2.45, 2.75) is 37.8 Å². The third-order valence-electron chi connectivity index (χ3n) is 3.28. The molecule has 0 heterocycles. The molecule has 1 aromatic carbocycles. The molecule has 98 valence electrons. The zero-order chi connectivity index (χ0) is 13.1. The first-order valence-corrected chi connectivity index (χ1v) is 6.11. The molecule has 0 radical (unpaired) electrons. The normalized spacial score (nSPS) is 23.7. The van der Waals surface area contributed by atoms with Crippen molar-refractivity contribution >= 4 is 11.7 Å². The molecule has 2 rings (SSSR count). The van der Waals surface area contributed by atoms with Crippen LogP contribution in [0, 0.1) is 5.82 Å². The van der Waals surface area contributed by atoms with E-state index < -0.39 is 11.8 Å². The lowest BCUT2D eigenvalue weighted by Gasteiger charge is -2.28. The Bertz CT molecular complexity index is 451. The van der Waals surface area contributed by atoms with Crippen LogP contribution in [0.15, 0.2) is 18.2 Å². The van der Waals surface area contributed by atoms with Gasteiger partial charge in [0.1, 0.15) is 5.82 Å². The molecule has 1 aromatic rings. The van der Waals surface area contributed by atoms with E-state index in [1.54, 1.807) is 6.07 Å². The molecule has 18 heavy (non-hydrogen) atoms. The van der Waals surface area contributed by atoms with Gasteiger partial charge in [0, 0.05) is 17.8 Å². The lowest BCUT2D eigenvalue weighted by atomic mass is 9.91. The van der Waals surface area contributed by atoms with Crippen LogP contribution in [0.4, 0.5) is 10.1 Å². The van der Waals surface area contributed by atoms with Crippen molar-refractivity contribution in [3.8, 4) is 0 Å². The van der Waals surface area contributed by atoms with Crippen LogP contribution in [0.3, 0.4) is 0 Å². The monoisotopic (exact) mass is 252 g/mol. The van der Waals surface area contributed by atoms with Gasteiger partial charge in [-0.3, -0.25) is 0 Å². The summed E-state index contributed by atoms with van der Waals surface area (Å²) < 4.78 is 13.2. The lowest BCUT2D eigenvalue weighted by molar-refractivity contribution is 0.0692. The Morgan fingerprint density at radius 2 is 2.22 bits per heavy atom. The van der Waals surface area contributed by atoms with Crippen LogP contribution >= 0.6 is 0 Å². The Morgan fingerprint density at radius 1 is 1.44 bits per heavy atom. The fourth-order valence-electron chi connectivity index (χ4n) is 2.37. The van der Waals surface area contributed by atoms with Crippen LogP contribution in [0.5, 0.6) is 0 Å². The largest absolute Gasteiger partial charge is 0.478 e. The molecular formula is C13H17FN2O2. The third kappa shape index (κ3) is 2.98. The van der Waals surface area contributed by atoms with Gasteiger partial charge in [-0.05, 0) is 43.9 Å². The number of aromatic carboxylic acids is 1. The van der Waals surface area contributed by atoms with Crippen molar-refractivity contribution in [1.82, 2.24) is 0 Å². The third-order valence-corrected chi connectivity index (χ3v) is 3.28. The van der Waals surface area contributed by atoms with E-state index in [2.05, 4.69) is 5.32 Å². The van der Waals surface area contributed by atoms with Crippen molar-refractivity contribution in [2.24, 2.45) is 5.73 Å². The van der Waals surface area contributed by atoms with Crippen LogP contribution in [0.1, 0.15) is 36.0 Å². The van der Waals surface area contributed by atoms with E-state index in [0.717, 1.165) is 25.7 Å². The van der Waals surface area contributed by atoms with Crippen LogP contribution in [-0.4, -0.2) is 23.2 Å². The topological polar surface area (TPSA) is 75.3 Å². The Kier molecular flexibility index (Phi) is 3.81. The number of carboxylic acid groups (broad SMARTS) is 1. The zero-order valence-corrected chi connectivity index (χ0v) is 10.0. The summed E-state index contributed by atoms with van der Waals surface area (Å²) in [5.41, 5.74) is 6.21. The molecule has 0 aromatic heterocycles. The summed E-state index contributed by atoms with van der Waals surface area (Å²) in [6.07, 6.45) is 3.96. The number of rotatable bonds is 3. The van der Waals surface area contributed by atoms with Crippen LogP contribution in [-0.2, 0) is 0 Å². The maximum Gasteiger partial charge on any atom is 0.338 e. The van der Waals surface area contributed by atoms with Crippen molar-refractivity contribution in [1.29, 1.82) is 0 Å². The van der Waals surface area contributed by atoms with Gasteiger partial charge in [0.05, 0.1) is 5.56 Å². The average Bonchev–Trinajstić information content (AvgIpc) is 2.31. The summed E-state index contributed by atoms with van der Waals surface area (Å²) in [5.74, 6) is -1.97. The molecule has 0 spiro atoms. The SMILES string of the molecule is NC1CCCC(Nc2ccc(F)c(C(=O)O)c2)C1. The minimum Gasteiger partial charge on any atom is -0.478 e. The highest BCUT2D eigenvalue weighted by Gasteiger charge is 2.19. The molecule has 0 aliphatic heterocycles. The standard InChI is InChI=1S/C13H17FN2O2/c14-12-5-4-10(7-11(12)13(17)18)16-9-3-1-2-8(15)6-9/h4-5,7-9,16H,1-3,6,15H2,(H,17,18). The smallest absolute Gasteiger partial charge is 0.338 e. The molecule has 4 N–H and O–H groups in total. The molecule has 4 nitrogen and oxygen atoms in total. The second-order valence-electron chi connectivity index (χ2n) is 4.77. The summed E-state index contributed by atoms with van der Waals surface area (Å²) in [5, 5.41) is 12.1. The van der Waals surface area contributed by atoms with Crippen LogP contribution < -0.4 is 11.1 Å². The molecule has 0 bridgehead atoms. The van der Waals surface area contributed by atoms with Gasteiger partial charge >= 0.3 is 5.97 Å². The van der Waals surface area contributed by atoms with E-state index in [4.69, 9.17) is 10.8 Å². The van der Waals surface area contributed by atoms with Crippen molar-refractivity contribution in [3.63, 3.8) is 0 Å². The fourth-order valence-corrected chi connectivity index (χ4v) is 2.37. The van der Waals surface area contributed by atoms with Crippen molar-refractivity contribution in [3.05, 3.63) is 29.6 Å². The minimum atomic E-state index is -1.25. The highest BCUT2D eigenvalue weighted by atomic mass is 19.1. The number of nitrogens with two attached hydrogens (primary N) is 1. The molecule has 2 atom stereocenters. The number of hydrogen-bond acceptors (Lipinski definition) is 3. The van der Waals surface area contributed by atoms with Gasteiger partial charge in [0.15, 0.2) is 0 Å². The van der Waals surface area contributed by atoms with Gasteiger partial charge < -0.3 is 16.2 Å². The Hall–Kier alpha value is -1.62. The van der Waals surface area contributed by atoms with E-state index in [1.165, 1.54) is 12.1 Å². The highest BCUT2D eigenvalue weighted by Crippen LogP contribution is 2.22. The van der Waals surface area contributed by atoms with Gasteiger partial charge in [-0.25, -0.2) is 9.18 Å². The number of halogens is 1. The Morgan fingerprint density at radius 3 is 2.89 bits per heavy atom. The molecule has 0 amide bonds. The fraction of sp³-hybridized carbons (Fsp3) is 0.462. The second kappa shape index (κ2) is 5.35. The van der Waals surface area contributed by atoms with E-state index in [9.17, 15) is 9.18 Å². The number of nitrogens with one attached hydrogen (secondary N) is 1. The summed E-state index contributed by atoms with van der Waals surface area (Å²) >= 11 is 0. The van der Waals surface area contributed by atoms with Crippen LogP contribution in [0.25, 0.3) is 0 Å². The summed E-state index contributed by atoms with van der Waals surface area (Å²) in [4.78, 5) is 10.8. The predicted molar refractivity (Wildman–Crippen MR) is 67.2 cm³/mol. The Balaban J connectivity index is 2.09. The van der Waals surface area contributed by atoms with E-state index in [-0.39, 0.29) is 17.6 Å². The summed E-state index contributed by atoms with van der Waals surface area (Å²) in [6.45, 7) is 0. The van der Waals surface area contributed by atoms with E-state index in [0.29, 0.717) is 5.69 Å². The van der Waals surface area contributed by atoms with Gasteiger partial charge in [-0.2, -0.15) is 0 Å². The van der Waals surface area contributed by atoms with E-state index >= 15 is 0 Å². The number of carbonyl (C=O) groups is 1. The molecule has 5 heteroatoms. The van der Waals surface area contributed by atoms with Gasteiger partial charge in [0.2, 0.25) is 0 Å². The maximum atomic E-state index is 13.2. The highest BCUT2D eigenvalue weighted by molar-refractivity contribution is 5.89.